The number of rotatable bonds is 7. The van der Waals surface area contributed by atoms with Crippen LogP contribution in [0.3, 0.4) is 0 Å². The maximum Gasteiger partial charge on any atom is 0.387 e. The van der Waals surface area contributed by atoms with E-state index in [0.717, 1.165) is 6.07 Å². The Hall–Kier alpha value is -3.07. The van der Waals surface area contributed by atoms with Gasteiger partial charge in [-0.25, -0.2) is 8.78 Å². The fourth-order valence-electron chi connectivity index (χ4n) is 3.21. The highest BCUT2D eigenvalue weighted by atomic mass is 19.3. The first kappa shape index (κ1) is 20.2. The van der Waals surface area contributed by atoms with Gasteiger partial charge in [-0.05, 0) is 24.3 Å². The summed E-state index contributed by atoms with van der Waals surface area (Å²) in [6.07, 6.45) is 2.08. The molecular formula is C21H18F4N2O3. The van der Waals surface area contributed by atoms with Crippen molar-refractivity contribution in [1.82, 2.24) is 9.78 Å². The summed E-state index contributed by atoms with van der Waals surface area (Å²) >= 11 is 0. The fourth-order valence-corrected chi connectivity index (χ4v) is 3.21. The molecule has 4 rings (SSSR count). The second-order valence-electron chi connectivity index (χ2n) is 6.75. The van der Waals surface area contributed by atoms with E-state index in [-0.39, 0.29) is 24.0 Å². The van der Waals surface area contributed by atoms with Gasteiger partial charge < -0.3 is 14.2 Å². The number of alkyl halides is 2. The molecule has 2 aromatic carbocycles. The van der Waals surface area contributed by atoms with Crippen LogP contribution in [0.2, 0.25) is 0 Å². The molecular weight excluding hydrogens is 404 g/mol. The number of hydrogen-bond acceptors (Lipinski definition) is 4. The van der Waals surface area contributed by atoms with Crippen molar-refractivity contribution in [2.45, 2.75) is 25.7 Å². The van der Waals surface area contributed by atoms with Crippen molar-refractivity contribution < 1.29 is 31.8 Å². The van der Waals surface area contributed by atoms with Gasteiger partial charge >= 0.3 is 6.61 Å². The van der Waals surface area contributed by atoms with Crippen LogP contribution < -0.4 is 9.47 Å². The number of hydrogen-bond donors (Lipinski definition) is 0. The summed E-state index contributed by atoms with van der Waals surface area (Å²) in [7, 11) is 0. The van der Waals surface area contributed by atoms with Crippen molar-refractivity contribution in [3.05, 3.63) is 65.9 Å². The van der Waals surface area contributed by atoms with E-state index in [1.807, 2.05) is 0 Å². The summed E-state index contributed by atoms with van der Waals surface area (Å²) in [5.74, 6) is -1.56. The molecule has 0 spiro atoms. The fraction of sp³-hybridized carbons (Fsp3) is 0.286. The van der Waals surface area contributed by atoms with Gasteiger partial charge in [0.05, 0.1) is 25.5 Å². The monoisotopic (exact) mass is 422 g/mol. The van der Waals surface area contributed by atoms with Gasteiger partial charge in [0.25, 0.3) is 0 Å². The van der Waals surface area contributed by atoms with E-state index in [4.69, 9.17) is 9.47 Å². The standard InChI is InChI=1S/C21H18F4N2O3/c22-17-3-1-2-13(20(17)23)11-27-8-6-18(26-27)16-5-4-14(30-21(24)25)10-19(16)29-15-7-9-28-12-15/h1-6,8,10,15,21H,7,9,11-12H2/t15-/m1/s1. The summed E-state index contributed by atoms with van der Waals surface area (Å²) in [6.45, 7) is -1.98. The van der Waals surface area contributed by atoms with E-state index in [1.165, 1.54) is 28.9 Å². The first-order valence-electron chi connectivity index (χ1n) is 9.29. The molecule has 2 heterocycles. The molecule has 1 aliphatic heterocycles. The van der Waals surface area contributed by atoms with Gasteiger partial charge in [-0.15, -0.1) is 0 Å². The second kappa shape index (κ2) is 8.74. The van der Waals surface area contributed by atoms with Crippen molar-refractivity contribution in [3.63, 3.8) is 0 Å². The molecule has 1 fully saturated rings. The zero-order valence-corrected chi connectivity index (χ0v) is 15.7. The minimum Gasteiger partial charge on any atom is -0.487 e. The van der Waals surface area contributed by atoms with E-state index in [0.29, 0.717) is 36.6 Å². The maximum absolute atomic E-state index is 13.9. The number of ether oxygens (including phenoxy) is 3. The van der Waals surface area contributed by atoms with Crippen molar-refractivity contribution in [1.29, 1.82) is 0 Å². The molecule has 0 bridgehead atoms. The van der Waals surface area contributed by atoms with Crippen molar-refractivity contribution in [3.8, 4) is 22.8 Å². The van der Waals surface area contributed by atoms with E-state index in [9.17, 15) is 17.6 Å². The lowest BCUT2D eigenvalue weighted by molar-refractivity contribution is -0.0499. The van der Waals surface area contributed by atoms with Gasteiger partial charge in [0.2, 0.25) is 0 Å². The summed E-state index contributed by atoms with van der Waals surface area (Å²) in [6, 6.07) is 9.97. The predicted octanol–water partition coefficient (Wildman–Crippen LogP) is 4.65. The van der Waals surface area contributed by atoms with Gasteiger partial charge in [-0.1, -0.05) is 12.1 Å². The van der Waals surface area contributed by atoms with Crippen LogP contribution in [0.15, 0.2) is 48.7 Å². The van der Waals surface area contributed by atoms with Gasteiger partial charge in [-0.3, -0.25) is 4.68 Å². The van der Waals surface area contributed by atoms with E-state index in [2.05, 4.69) is 9.84 Å². The Morgan fingerprint density at radius 2 is 2.03 bits per heavy atom. The topological polar surface area (TPSA) is 45.5 Å². The minimum atomic E-state index is -2.96. The third-order valence-electron chi connectivity index (χ3n) is 4.64. The van der Waals surface area contributed by atoms with Crippen LogP contribution in [-0.4, -0.2) is 35.7 Å². The highest BCUT2D eigenvalue weighted by Gasteiger charge is 2.21. The van der Waals surface area contributed by atoms with Gasteiger partial charge in [0.15, 0.2) is 11.6 Å². The molecule has 1 saturated heterocycles. The zero-order chi connectivity index (χ0) is 21.1. The van der Waals surface area contributed by atoms with Gasteiger partial charge in [0, 0.05) is 29.8 Å². The average Bonchev–Trinajstić information content (AvgIpc) is 3.37. The third-order valence-corrected chi connectivity index (χ3v) is 4.64. The van der Waals surface area contributed by atoms with Crippen molar-refractivity contribution in [2.75, 3.05) is 13.2 Å². The van der Waals surface area contributed by atoms with Crippen LogP contribution >= 0.6 is 0 Å². The number of aromatic nitrogens is 2. The molecule has 0 N–H and O–H groups in total. The summed E-state index contributed by atoms with van der Waals surface area (Å²) in [5.41, 5.74) is 1.20. The lowest BCUT2D eigenvalue weighted by Gasteiger charge is -2.16. The first-order valence-corrected chi connectivity index (χ1v) is 9.29. The lowest BCUT2D eigenvalue weighted by Crippen LogP contribution is -2.16. The minimum absolute atomic E-state index is 0.0306. The van der Waals surface area contributed by atoms with Crippen LogP contribution in [0, 0.1) is 11.6 Å². The Morgan fingerprint density at radius 3 is 2.80 bits per heavy atom. The molecule has 1 atom stereocenters. The highest BCUT2D eigenvalue weighted by Crippen LogP contribution is 2.34. The van der Waals surface area contributed by atoms with Gasteiger partial charge in [-0.2, -0.15) is 13.9 Å². The summed E-state index contributed by atoms with van der Waals surface area (Å²) < 4.78 is 69.7. The molecule has 0 saturated carbocycles. The Morgan fingerprint density at radius 1 is 1.17 bits per heavy atom. The average molecular weight is 422 g/mol. The SMILES string of the molecule is Fc1cccc(Cn2ccc(-c3ccc(OC(F)F)cc3O[C@@H]3CCOC3)n2)c1F. The third kappa shape index (κ3) is 4.56. The Labute approximate surface area is 169 Å². The predicted molar refractivity (Wildman–Crippen MR) is 99.6 cm³/mol. The molecule has 3 aromatic rings. The molecule has 0 unspecified atom stereocenters. The number of nitrogens with zero attached hydrogens (tertiary/aromatic N) is 2. The summed E-state index contributed by atoms with van der Waals surface area (Å²) in [4.78, 5) is 0. The van der Waals surface area contributed by atoms with E-state index >= 15 is 0 Å². The maximum atomic E-state index is 13.9. The first-order chi connectivity index (χ1) is 14.5. The molecule has 1 aliphatic rings. The number of halogens is 4. The lowest BCUT2D eigenvalue weighted by atomic mass is 10.1. The number of benzene rings is 2. The molecule has 0 amide bonds. The second-order valence-corrected chi connectivity index (χ2v) is 6.75. The van der Waals surface area contributed by atoms with Gasteiger partial charge in [0.1, 0.15) is 17.6 Å². The normalized spacial score (nSPS) is 16.2. The Bertz CT molecular complexity index is 1020. The highest BCUT2D eigenvalue weighted by molar-refractivity contribution is 5.68. The molecule has 0 radical (unpaired) electrons. The van der Waals surface area contributed by atoms with Crippen molar-refractivity contribution >= 4 is 0 Å². The largest absolute Gasteiger partial charge is 0.487 e. The van der Waals surface area contributed by atoms with Crippen molar-refractivity contribution in [2.24, 2.45) is 0 Å². The molecule has 158 valence electrons. The zero-order valence-electron chi connectivity index (χ0n) is 15.7. The summed E-state index contributed by atoms with van der Waals surface area (Å²) in [5, 5.41) is 4.40. The van der Waals surface area contributed by atoms with E-state index in [1.54, 1.807) is 18.3 Å². The smallest absolute Gasteiger partial charge is 0.387 e. The van der Waals surface area contributed by atoms with Crippen LogP contribution in [0.1, 0.15) is 12.0 Å². The van der Waals surface area contributed by atoms with Crippen LogP contribution in [0.5, 0.6) is 11.5 Å². The van der Waals surface area contributed by atoms with Crippen LogP contribution in [0.25, 0.3) is 11.3 Å². The van der Waals surface area contributed by atoms with Crippen LogP contribution in [-0.2, 0) is 11.3 Å². The van der Waals surface area contributed by atoms with Crippen LogP contribution in [0.4, 0.5) is 17.6 Å². The van der Waals surface area contributed by atoms with E-state index < -0.39 is 18.2 Å². The Balaban J connectivity index is 1.61. The molecule has 1 aromatic heterocycles. The quantitative estimate of drug-likeness (QED) is 0.520. The molecule has 30 heavy (non-hydrogen) atoms. The molecule has 5 nitrogen and oxygen atoms in total. The Kier molecular flexibility index (Phi) is 5.89. The molecule has 9 heteroatoms. The molecule has 0 aliphatic carbocycles.